The normalized spacial score (nSPS) is 22.6. The second-order valence-electron chi connectivity index (χ2n) is 7.87. The Bertz CT molecular complexity index is 425. The molecule has 0 bridgehead atoms. The molecular formula is C17H31NO4. The van der Waals surface area contributed by atoms with Gasteiger partial charge < -0.3 is 14.8 Å². The molecule has 0 aromatic carbocycles. The number of hydrogen-bond acceptors (Lipinski definition) is 4. The standard InChI is InChI=1S/C17H31NO4/c1-8-9-10-17(21-7,14(20)22-15(2,3)4)18-13(19)12-11-16(12,5)6/h12H,8-11H2,1-7H3,(H,18,19). The minimum atomic E-state index is -1.39. The summed E-state index contributed by atoms with van der Waals surface area (Å²) in [4.78, 5) is 25.0. The van der Waals surface area contributed by atoms with Crippen molar-refractivity contribution in [2.24, 2.45) is 11.3 Å². The predicted octanol–water partition coefficient (Wildman–Crippen LogP) is 3.02. The van der Waals surface area contributed by atoms with Crippen molar-refractivity contribution >= 4 is 11.9 Å². The van der Waals surface area contributed by atoms with E-state index in [0.717, 1.165) is 19.3 Å². The molecule has 0 aromatic rings. The highest BCUT2D eigenvalue weighted by molar-refractivity contribution is 5.89. The molecule has 1 N–H and O–H groups in total. The molecule has 22 heavy (non-hydrogen) atoms. The molecule has 1 saturated carbocycles. The highest BCUT2D eigenvalue weighted by Crippen LogP contribution is 2.51. The van der Waals surface area contributed by atoms with Gasteiger partial charge in [0.2, 0.25) is 11.6 Å². The molecule has 0 aliphatic heterocycles. The van der Waals surface area contributed by atoms with Gasteiger partial charge in [-0.15, -0.1) is 0 Å². The van der Waals surface area contributed by atoms with Gasteiger partial charge in [0.15, 0.2) is 0 Å². The average Bonchev–Trinajstić information content (AvgIpc) is 3.01. The van der Waals surface area contributed by atoms with Crippen molar-refractivity contribution in [1.29, 1.82) is 0 Å². The number of hydrogen-bond donors (Lipinski definition) is 1. The number of carbonyl (C=O) groups excluding carboxylic acids is 2. The second kappa shape index (κ2) is 6.57. The van der Waals surface area contributed by atoms with Gasteiger partial charge in [-0.3, -0.25) is 4.79 Å². The topological polar surface area (TPSA) is 64.6 Å². The first kappa shape index (κ1) is 18.9. The van der Waals surface area contributed by atoms with Gasteiger partial charge in [0.25, 0.3) is 0 Å². The van der Waals surface area contributed by atoms with Crippen LogP contribution in [0.3, 0.4) is 0 Å². The lowest BCUT2D eigenvalue weighted by Crippen LogP contribution is -2.58. The van der Waals surface area contributed by atoms with Crippen LogP contribution < -0.4 is 5.32 Å². The Morgan fingerprint density at radius 3 is 2.18 bits per heavy atom. The van der Waals surface area contributed by atoms with Crippen LogP contribution in [0, 0.1) is 11.3 Å². The molecule has 1 aliphatic rings. The van der Waals surface area contributed by atoms with E-state index in [0.29, 0.717) is 6.42 Å². The maximum atomic E-state index is 12.6. The fraction of sp³-hybridized carbons (Fsp3) is 0.882. The molecule has 0 saturated heterocycles. The minimum Gasteiger partial charge on any atom is -0.456 e. The Labute approximate surface area is 134 Å². The van der Waals surface area contributed by atoms with Gasteiger partial charge in [0.05, 0.1) is 0 Å². The summed E-state index contributed by atoms with van der Waals surface area (Å²) in [6.45, 7) is 11.5. The maximum Gasteiger partial charge on any atom is 0.360 e. The maximum absolute atomic E-state index is 12.6. The molecular weight excluding hydrogens is 282 g/mol. The summed E-state index contributed by atoms with van der Waals surface area (Å²) in [5.74, 6) is -0.720. The van der Waals surface area contributed by atoms with Crippen LogP contribution in [0.25, 0.3) is 0 Å². The average molecular weight is 313 g/mol. The molecule has 128 valence electrons. The minimum absolute atomic E-state index is 0.00224. The Morgan fingerprint density at radius 1 is 1.27 bits per heavy atom. The van der Waals surface area contributed by atoms with Crippen molar-refractivity contribution in [2.75, 3.05) is 7.11 Å². The molecule has 0 heterocycles. The van der Waals surface area contributed by atoms with E-state index in [1.54, 1.807) is 20.8 Å². The molecule has 0 spiro atoms. The highest BCUT2D eigenvalue weighted by Gasteiger charge is 2.53. The van der Waals surface area contributed by atoms with Gasteiger partial charge in [-0.25, -0.2) is 4.79 Å². The smallest absolute Gasteiger partial charge is 0.360 e. The third-order valence-electron chi connectivity index (χ3n) is 4.11. The van der Waals surface area contributed by atoms with Crippen molar-refractivity contribution in [1.82, 2.24) is 5.32 Å². The van der Waals surface area contributed by atoms with Crippen molar-refractivity contribution in [2.45, 2.75) is 78.6 Å². The number of nitrogens with one attached hydrogen (secondary N) is 1. The zero-order valence-electron chi connectivity index (χ0n) is 15.0. The number of amides is 1. The van der Waals surface area contributed by atoms with Crippen molar-refractivity contribution in [3.05, 3.63) is 0 Å². The van der Waals surface area contributed by atoms with Crippen LogP contribution >= 0.6 is 0 Å². The van der Waals surface area contributed by atoms with Gasteiger partial charge in [-0.2, -0.15) is 0 Å². The van der Waals surface area contributed by atoms with E-state index in [2.05, 4.69) is 5.32 Å². The first-order valence-corrected chi connectivity index (χ1v) is 8.08. The Morgan fingerprint density at radius 2 is 1.82 bits per heavy atom. The van der Waals surface area contributed by atoms with Crippen molar-refractivity contribution in [3.63, 3.8) is 0 Å². The summed E-state index contributed by atoms with van der Waals surface area (Å²) >= 11 is 0. The van der Waals surface area contributed by atoms with E-state index in [4.69, 9.17) is 9.47 Å². The molecule has 0 aromatic heterocycles. The molecule has 5 heteroatoms. The summed E-state index contributed by atoms with van der Waals surface area (Å²) in [6.07, 6.45) is 2.91. The van der Waals surface area contributed by atoms with Crippen LogP contribution in [0.4, 0.5) is 0 Å². The van der Waals surface area contributed by atoms with E-state index in [1.165, 1.54) is 7.11 Å². The summed E-state index contributed by atoms with van der Waals surface area (Å²) in [7, 11) is 1.44. The number of rotatable bonds is 7. The third-order valence-corrected chi connectivity index (χ3v) is 4.11. The SMILES string of the molecule is CCCCC(NC(=O)C1CC1(C)C)(OC)C(=O)OC(C)(C)C. The van der Waals surface area contributed by atoms with E-state index in [1.807, 2.05) is 20.8 Å². The molecule has 1 amide bonds. The molecule has 0 radical (unpaired) electrons. The molecule has 5 nitrogen and oxygen atoms in total. The van der Waals surface area contributed by atoms with Crippen LogP contribution in [0.5, 0.6) is 0 Å². The Kier molecular flexibility index (Phi) is 5.66. The van der Waals surface area contributed by atoms with Gasteiger partial charge in [0, 0.05) is 19.4 Å². The molecule has 1 fully saturated rings. The third kappa shape index (κ3) is 4.70. The monoisotopic (exact) mass is 313 g/mol. The fourth-order valence-corrected chi connectivity index (χ4v) is 2.44. The van der Waals surface area contributed by atoms with Gasteiger partial charge >= 0.3 is 5.97 Å². The predicted molar refractivity (Wildman–Crippen MR) is 85.1 cm³/mol. The van der Waals surface area contributed by atoms with Crippen LogP contribution in [0.1, 0.15) is 67.2 Å². The Hall–Kier alpha value is -1.10. The lowest BCUT2D eigenvalue weighted by Gasteiger charge is -2.34. The van der Waals surface area contributed by atoms with E-state index < -0.39 is 17.3 Å². The summed E-state index contributed by atoms with van der Waals surface area (Å²) < 4.78 is 10.9. The highest BCUT2D eigenvalue weighted by atomic mass is 16.6. The van der Waals surface area contributed by atoms with E-state index >= 15 is 0 Å². The number of carbonyl (C=O) groups is 2. The zero-order chi connectivity index (χ0) is 17.2. The lowest BCUT2D eigenvalue weighted by molar-refractivity contribution is -0.188. The number of ether oxygens (including phenoxy) is 2. The molecule has 1 aliphatic carbocycles. The first-order valence-electron chi connectivity index (χ1n) is 8.08. The quantitative estimate of drug-likeness (QED) is 0.579. The largest absolute Gasteiger partial charge is 0.456 e. The number of esters is 1. The van der Waals surface area contributed by atoms with Crippen LogP contribution in [-0.4, -0.2) is 30.3 Å². The number of methoxy groups -OCH3 is 1. The second-order valence-corrected chi connectivity index (χ2v) is 7.87. The summed E-state index contributed by atoms with van der Waals surface area (Å²) in [5.41, 5.74) is -2.02. The van der Waals surface area contributed by atoms with E-state index in [9.17, 15) is 9.59 Å². The van der Waals surface area contributed by atoms with Gasteiger partial charge in [-0.1, -0.05) is 27.2 Å². The molecule has 1 rings (SSSR count). The fourth-order valence-electron chi connectivity index (χ4n) is 2.44. The van der Waals surface area contributed by atoms with Crippen LogP contribution in [0.2, 0.25) is 0 Å². The van der Waals surface area contributed by atoms with Gasteiger partial charge in [0.1, 0.15) is 5.60 Å². The van der Waals surface area contributed by atoms with E-state index in [-0.39, 0.29) is 17.2 Å². The van der Waals surface area contributed by atoms with Crippen molar-refractivity contribution in [3.8, 4) is 0 Å². The van der Waals surface area contributed by atoms with Gasteiger partial charge in [-0.05, 0) is 39.0 Å². The molecule has 2 unspecified atom stereocenters. The van der Waals surface area contributed by atoms with Crippen molar-refractivity contribution < 1.29 is 19.1 Å². The van der Waals surface area contributed by atoms with Crippen LogP contribution in [0.15, 0.2) is 0 Å². The summed E-state index contributed by atoms with van der Waals surface area (Å²) in [6, 6.07) is 0. The lowest BCUT2D eigenvalue weighted by atomic mass is 10.0. The first-order chi connectivity index (χ1) is 9.97. The summed E-state index contributed by atoms with van der Waals surface area (Å²) in [5, 5.41) is 2.82. The number of unbranched alkanes of at least 4 members (excludes halogenated alkanes) is 1. The molecule has 2 atom stereocenters. The zero-order valence-corrected chi connectivity index (χ0v) is 15.0. The van der Waals surface area contributed by atoms with Crippen LogP contribution in [-0.2, 0) is 19.1 Å². The Balaban J connectivity index is 2.90.